The highest BCUT2D eigenvalue weighted by Crippen LogP contribution is 2.33. The quantitative estimate of drug-likeness (QED) is 0.848. The third kappa shape index (κ3) is 3.18. The third-order valence-corrected chi connectivity index (χ3v) is 3.63. The van der Waals surface area contributed by atoms with Crippen molar-refractivity contribution in [2.24, 2.45) is 5.73 Å². The molecule has 2 aromatic rings. The molecule has 0 unspecified atom stereocenters. The van der Waals surface area contributed by atoms with Gasteiger partial charge in [-0.3, -0.25) is 0 Å². The van der Waals surface area contributed by atoms with Crippen molar-refractivity contribution in [3.8, 4) is 11.5 Å². The minimum Gasteiger partial charge on any atom is -0.456 e. The van der Waals surface area contributed by atoms with Gasteiger partial charge in [0.1, 0.15) is 11.5 Å². The summed E-state index contributed by atoms with van der Waals surface area (Å²) in [4.78, 5) is 0. The zero-order chi connectivity index (χ0) is 13.1. The Morgan fingerprint density at radius 1 is 1.11 bits per heavy atom. The van der Waals surface area contributed by atoms with Crippen LogP contribution in [0.2, 0.25) is 10.0 Å². The minimum absolute atomic E-state index is 0.474. The van der Waals surface area contributed by atoms with E-state index in [0.717, 1.165) is 10.0 Å². The molecule has 2 nitrogen and oxygen atoms in total. The molecule has 0 aliphatic heterocycles. The first-order chi connectivity index (χ1) is 8.60. The zero-order valence-corrected chi connectivity index (χ0v) is 12.4. The van der Waals surface area contributed by atoms with Crippen LogP contribution in [-0.2, 0) is 6.54 Å². The summed E-state index contributed by atoms with van der Waals surface area (Å²) in [5, 5.41) is 1.05. The van der Waals surface area contributed by atoms with Crippen LogP contribution in [0, 0.1) is 0 Å². The number of ether oxygens (including phenoxy) is 1. The van der Waals surface area contributed by atoms with Crippen molar-refractivity contribution in [2.75, 3.05) is 0 Å². The Morgan fingerprint density at radius 3 is 2.50 bits per heavy atom. The summed E-state index contributed by atoms with van der Waals surface area (Å²) < 4.78 is 6.59. The Bertz CT molecular complexity index is 575. The molecule has 0 heterocycles. The van der Waals surface area contributed by atoms with Gasteiger partial charge in [0.05, 0.1) is 5.02 Å². The SMILES string of the molecule is NCc1ccc(Oc2ccc(Cl)cc2Cl)cc1Br. The van der Waals surface area contributed by atoms with Gasteiger partial charge in [-0.25, -0.2) is 0 Å². The molecule has 2 aromatic carbocycles. The van der Waals surface area contributed by atoms with Crippen LogP contribution in [0.5, 0.6) is 11.5 Å². The van der Waals surface area contributed by atoms with Crippen molar-refractivity contribution >= 4 is 39.1 Å². The van der Waals surface area contributed by atoms with Crippen molar-refractivity contribution in [1.29, 1.82) is 0 Å². The fourth-order valence-corrected chi connectivity index (χ4v) is 2.41. The molecule has 94 valence electrons. The van der Waals surface area contributed by atoms with E-state index in [1.54, 1.807) is 18.2 Å². The van der Waals surface area contributed by atoms with Crippen molar-refractivity contribution in [3.63, 3.8) is 0 Å². The molecule has 0 amide bonds. The van der Waals surface area contributed by atoms with Crippen molar-refractivity contribution < 1.29 is 4.74 Å². The lowest BCUT2D eigenvalue weighted by Gasteiger charge is -2.09. The lowest BCUT2D eigenvalue weighted by molar-refractivity contribution is 0.482. The maximum Gasteiger partial charge on any atom is 0.146 e. The molecule has 5 heteroatoms. The van der Waals surface area contributed by atoms with E-state index in [2.05, 4.69) is 15.9 Å². The number of benzene rings is 2. The molecule has 0 radical (unpaired) electrons. The highest BCUT2D eigenvalue weighted by atomic mass is 79.9. The average Bonchev–Trinajstić information content (AvgIpc) is 2.33. The molecule has 0 saturated carbocycles. The molecule has 0 atom stereocenters. The van der Waals surface area contributed by atoms with E-state index >= 15 is 0 Å². The van der Waals surface area contributed by atoms with E-state index in [1.165, 1.54) is 0 Å². The monoisotopic (exact) mass is 345 g/mol. The van der Waals surface area contributed by atoms with Gasteiger partial charge in [0.2, 0.25) is 0 Å². The van der Waals surface area contributed by atoms with E-state index in [1.807, 2.05) is 18.2 Å². The first-order valence-corrected chi connectivity index (χ1v) is 6.76. The number of hydrogen-bond acceptors (Lipinski definition) is 2. The number of nitrogens with two attached hydrogens (primary N) is 1. The van der Waals surface area contributed by atoms with Crippen LogP contribution in [0.15, 0.2) is 40.9 Å². The van der Waals surface area contributed by atoms with Crippen LogP contribution in [-0.4, -0.2) is 0 Å². The fourth-order valence-electron chi connectivity index (χ4n) is 1.44. The topological polar surface area (TPSA) is 35.2 Å². The van der Waals surface area contributed by atoms with Crippen molar-refractivity contribution in [1.82, 2.24) is 0 Å². The van der Waals surface area contributed by atoms with E-state index in [4.69, 9.17) is 33.7 Å². The Balaban J connectivity index is 2.26. The normalized spacial score (nSPS) is 10.4. The minimum atomic E-state index is 0.474. The highest BCUT2D eigenvalue weighted by Gasteiger charge is 2.06. The van der Waals surface area contributed by atoms with Crippen molar-refractivity contribution in [3.05, 3.63) is 56.5 Å². The van der Waals surface area contributed by atoms with Gasteiger partial charge < -0.3 is 10.5 Å². The van der Waals surface area contributed by atoms with E-state index < -0.39 is 0 Å². The maximum absolute atomic E-state index is 6.04. The standard InChI is InChI=1S/C13H10BrCl2NO/c14-11-6-10(3-1-8(11)7-17)18-13-4-2-9(15)5-12(13)16/h1-6H,7,17H2. The van der Waals surface area contributed by atoms with Crippen molar-refractivity contribution in [2.45, 2.75) is 6.54 Å². The fraction of sp³-hybridized carbons (Fsp3) is 0.0769. The first kappa shape index (κ1) is 13.7. The average molecular weight is 347 g/mol. The summed E-state index contributed by atoms with van der Waals surface area (Å²) in [6, 6.07) is 10.7. The van der Waals surface area contributed by atoms with Gasteiger partial charge in [-0.05, 0) is 35.9 Å². The summed E-state index contributed by atoms with van der Waals surface area (Å²) in [5.74, 6) is 1.25. The Labute approximate surface area is 124 Å². The molecule has 0 spiro atoms. The first-order valence-electron chi connectivity index (χ1n) is 5.21. The summed E-state index contributed by atoms with van der Waals surface area (Å²) in [7, 11) is 0. The Morgan fingerprint density at radius 2 is 1.89 bits per heavy atom. The number of hydrogen-bond donors (Lipinski definition) is 1. The van der Waals surface area contributed by atoms with Crippen LogP contribution in [0.3, 0.4) is 0 Å². The van der Waals surface area contributed by atoms with Gasteiger partial charge in [0.25, 0.3) is 0 Å². The lowest BCUT2D eigenvalue weighted by atomic mass is 10.2. The van der Waals surface area contributed by atoms with Gasteiger partial charge >= 0.3 is 0 Å². The second kappa shape index (κ2) is 5.93. The second-order valence-corrected chi connectivity index (χ2v) is 5.33. The van der Waals surface area contributed by atoms with Gasteiger partial charge in [-0.15, -0.1) is 0 Å². The predicted molar refractivity (Wildman–Crippen MR) is 78.6 cm³/mol. The third-order valence-electron chi connectivity index (χ3n) is 2.37. The molecular weight excluding hydrogens is 337 g/mol. The Kier molecular flexibility index (Phi) is 4.51. The summed E-state index contributed by atoms with van der Waals surface area (Å²) in [6.45, 7) is 0.475. The lowest BCUT2D eigenvalue weighted by Crippen LogP contribution is -1.97. The van der Waals surface area contributed by atoms with Gasteiger partial charge in [-0.1, -0.05) is 45.2 Å². The van der Waals surface area contributed by atoms with E-state index in [-0.39, 0.29) is 0 Å². The summed E-state index contributed by atoms with van der Waals surface area (Å²) in [5.41, 5.74) is 6.61. The molecule has 0 aliphatic carbocycles. The van der Waals surface area contributed by atoms with Gasteiger partial charge in [0, 0.05) is 16.0 Å². The zero-order valence-electron chi connectivity index (χ0n) is 9.29. The largest absolute Gasteiger partial charge is 0.456 e. The molecule has 18 heavy (non-hydrogen) atoms. The Hall–Kier alpha value is -0.740. The molecule has 2 rings (SSSR count). The second-order valence-electron chi connectivity index (χ2n) is 3.63. The molecule has 0 bridgehead atoms. The molecule has 0 saturated heterocycles. The summed E-state index contributed by atoms with van der Waals surface area (Å²) in [6.07, 6.45) is 0. The van der Waals surface area contributed by atoms with Crippen LogP contribution >= 0.6 is 39.1 Å². The van der Waals surface area contributed by atoms with Crippen LogP contribution in [0.4, 0.5) is 0 Å². The smallest absolute Gasteiger partial charge is 0.146 e. The van der Waals surface area contributed by atoms with Crippen LogP contribution < -0.4 is 10.5 Å². The maximum atomic E-state index is 6.04. The molecule has 2 N–H and O–H groups in total. The number of halogens is 3. The molecule has 0 aliphatic rings. The predicted octanol–water partition coefficient (Wildman–Crippen LogP) is 5.01. The highest BCUT2D eigenvalue weighted by molar-refractivity contribution is 9.10. The van der Waals surface area contributed by atoms with Crippen LogP contribution in [0.25, 0.3) is 0 Å². The summed E-state index contributed by atoms with van der Waals surface area (Å²) >= 11 is 15.3. The van der Waals surface area contributed by atoms with E-state index in [0.29, 0.717) is 28.1 Å². The van der Waals surface area contributed by atoms with Crippen LogP contribution in [0.1, 0.15) is 5.56 Å². The number of rotatable bonds is 3. The van der Waals surface area contributed by atoms with E-state index in [9.17, 15) is 0 Å². The molecule has 0 fully saturated rings. The molecular formula is C13H10BrCl2NO. The molecule has 0 aromatic heterocycles. The van der Waals surface area contributed by atoms with Gasteiger partial charge in [0.15, 0.2) is 0 Å². The van der Waals surface area contributed by atoms with Gasteiger partial charge in [-0.2, -0.15) is 0 Å².